The van der Waals surface area contributed by atoms with Crippen molar-refractivity contribution in [2.75, 3.05) is 7.11 Å². The molecule has 0 saturated carbocycles. The SMILES string of the molecule is COC1CC(C)(C)N(S)C(C)(C)C1. The molecule has 1 rings (SSSR count). The molecule has 0 radical (unpaired) electrons. The summed E-state index contributed by atoms with van der Waals surface area (Å²) in [7, 11) is 1.80. The molecule has 0 spiro atoms. The lowest BCUT2D eigenvalue weighted by atomic mass is 9.81. The lowest BCUT2D eigenvalue weighted by molar-refractivity contribution is -0.0399. The second-order valence-corrected chi connectivity index (χ2v) is 5.60. The molecule has 78 valence electrons. The largest absolute Gasteiger partial charge is 0.381 e. The quantitative estimate of drug-likeness (QED) is 0.657. The Bertz CT molecular complexity index is 173. The molecular formula is C10H21NOS. The van der Waals surface area contributed by atoms with Gasteiger partial charge in [0.2, 0.25) is 0 Å². The van der Waals surface area contributed by atoms with Gasteiger partial charge in [0.05, 0.1) is 6.10 Å². The molecule has 1 aliphatic heterocycles. The minimum Gasteiger partial charge on any atom is -0.381 e. The maximum atomic E-state index is 5.45. The van der Waals surface area contributed by atoms with Gasteiger partial charge in [-0.05, 0) is 40.5 Å². The smallest absolute Gasteiger partial charge is 0.0606 e. The second-order valence-electron chi connectivity index (χ2n) is 5.20. The highest BCUT2D eigenvalue weighted by Crippen LogP contribution is 2.40. The van der Waals surface area contributed by atoms with E-state index in [1.54, 1.807) is 7.11 Å². The predicted molar refractivity (Wildman–Crippen MR) is 59.0 cm³/mol. The number of methoxy groups -OCH3 is 1. The van der Waals surface area contributed by atoms with E-state index >= 15 is 0 Å². The molecule has 0 atom stereocenters. The van der Waals surface area contributed by atoms with Crippen LogP contribution in [0.5, 0.6) is 0 Å². The topological polar surface area (TPSA) is 12.5 Å². The third-order valence-electron chi connectivity index (χ3n) is 2.93. The summed E-state index contributed by atoms with van der Waals surface area (Å²) in [5, 5.41) is 0. The van der Waals surface area contributed by atoms with Crippen LogP contribution in [0.2, 0.25) is 0 Å². The fraction of sp³-hybridized carbons (Fsp3) is 1.00. The fourth-order valence-corrected chi connectivity index (χ4v) is 2.51. The summed E-state index contributed by atoms with van der Waals surface area (Å²) in [6, 6.07) is 0. The molecule has 0 aromatic heterocycles. The Labute approximate surface area is 87.2 Å². The maximum absolute atomic E-state index is 5.45. The highest BCUT2D eigenvalue weighted by atomic mass is 32.1. The molecule has 1 saturated heterocycles. The highest BCUT2D eigenvalue weighted by Gasteiger charge is 2.43. The zero-order valence-electron chi connectivity index (χ0n) is 9.29. The van der Waals surface area contributed by atoms with Gasteiger partial charge in [-0.3, -0.25) is 0 Å². The van der Waals surface area contributed by atoms with Gasteiger partial charge in [0.15, 0.2) is 0 Å². The van der Waals surface area contributed by atoms with E-state index in [9.17, 15) is 0 Å². The minimum atomic E-state index is 0.117. The fourth-order valence-electron chi connectivity index (χ4n) is 2.35. The van der Waals surface area contributed by atoms with Crippen molar-refractivity contribution < 1.29 is 4.74 Å². The van der Waals surface area contributed by atoms with Crippen molar-refractivity contribution >= 4 is 12.8 Å². The van der Waals surface area contributed by atoms with Crippen LogP contribution < -0.4 is 0 Å². The summed E-state index contributed by atoms with van der Waals surface area (Å²) in [6.45, 7) is 8.86. The number of nitrogens with zero attached hydrogens (tertiary/aromatic N) is 1. The van der Waals surface area contributed by atoms with Gasteiger partial charge >= 0.3 is 0 Å². The molecule has 0 N–H and O–H groups in total. The average Bonchev–Trinajstić information content (AvgIpc) is 1.99. The van der Waals surface area contributed by atoms with E-state index in [4.69, 9.17) is 4.74 Å². The van der Waals surface area contributed by atoms with Crippen LogP contribution in [0.1, 0.15) is 40.5 Å². The van der Waals surface area contributed by atoms with Crippen LogP contribution in [-0.2, 0) is 4.74 Å². The van der Waals surface area contributed by atoms with Crippen molar-refractivity contribution in [3.63, 3.8) is 0 Å². The molecule has 1 heterocycles. The van der Waals surface area contributed by atoms with Crippen LogP contribution in [0.15, 0.2) is 0 Å². The van der Waals surface area contributed by atoms with Gasteiger partial charge in [0.1, 0.15) is 0 Å². The van der Waals surface area contributed by atoms with Crippen molar-refractivity contribution in [3.05, 3.63) is 0 Å². The monoisotopic (exact) mass is 203 g/mol. The molecule has 0 amide bonds. The second kappa shape index (κ2) is 3.44. The number of thiol groups is 1. The van der Waals surface area contributed by atoms with Crippen LogP contribution >= 0.6 is 12.8 Å². The van der Waals surface area contributed by atoms with Crippen molar-refractivity contribution in [1.82, 2.24) is 4.31 Å². The summed E-state index contributed by atoms with van der Waals surface area (Å²) >= 11 is 4.58. The zero-order chi connectivity index (χ0) is 10.3. The van der Waals surface area contributed by atoms with Crippen LogP contribution in [0, 0.1) is 0 Å². The predicted octanol–water partition coefficient (Wildman–Crippen LogP) is 2.50. The van der Waals surface area contributed by atoms with E-state index in [1.807, 2.05) is 0 Å². The molecular weight excluding hydrogens is 182 g/mol. The summed E-state index contributed by atoms with van der Waals surface area (Å²) in [5.74, 6) is 0. The Morgan fingerprint density at radius 1 is 1.15 bits per heavy atom. The number of rotatable bonds is 1. The van der Waals surface area contributed by atoms with Crippen molar-refractivity contribution in [2.24, 2.45) is 0 Å². The molecule has 2 nitrogen and oxygen atoms in total. The van der Waals surface area contributed by atoms with Crippen molar-refractivity contribution in [1.29, 1.82) is 0 Å². The number of hydrogen-bond donors (Lipinski definition) is 1. The van der Waals surface area contributed by atoms with Crippen LogP contribution in [-0.4, -0.2) is 28.6 Å². The van der Waals surface area contributed by atoms with E-state index in [0.717, 1.165) is 12.8 Å². The standard InChI is InChI=1S/C10H21NOS/c1-9(2)6-8(12-5)7-10(3,4)11(9)13/h8,13H,6-7H2,1-5H3. The molecule has 13 heavy (non-hydrogen) atoms. The van der Waals surface area contributed by atoms with Crippen molar-refractivity contribution in [3.8, 4) is 0 Å². The summed E-state index contributed by atoms with van der Waals surface area (Å²) in [5.41, 5.74) is 0.233. The number of hydrogen-bond acceptors (Lipinski definition) is 3. The highest BCUT2D eigenvalue weighted by molar-refractivity contribution is 7.77. The van der Waals surface area contributed by atoms with E-state index in [1.165, 1.54) is 0 Å². The van der Waals surface area contributed by atoms with Gasteiger partial charge in [-0.2, -0.15) is 0 Å². The normalized spacial score (nSPS) is 29.1. The molecule has 0 aromatic carbocycles. The molecule has 1 fully saturated rings. The first-order valence-electron chi connectivity index (χ1n) is 4.81. The Morgan fingerprint density at radius 2 is 1.54 bits per heavy atom. The van der Waals surface area contributed by atoms with Crippen LogP contribution in [0.25, 0.3) is 0 Å². The van der Waals surface area contributed by atoms with Crippen molar-refractivity contribution in [2.45, 2.75) is 57.7 Å². The first-order chi connectivity index (χ1) is 5.79. The molecule has 3 heteroatoms. The maximum Gasteiger partial charge on any atom is 0.0606 e. The lowest BCUT2D eigenvalue weighted by Gasteiger charge is -2.52. The Balaban J connectivity index is 2.82. The summed E-state index contributed by atoms with van der Waals surface area (Å²) in [6.07, 6.45) is 2.47. The molecule has 0 aromatic rings. The third-order valence-corrected chi connectivity index (χ3v) is 4.02. The molecule has 0 unspecified atom stereocenters. The third kappa shape index (κ3) is 2.20. The molecule has 0 aliphatic carbocycles. The van der Waals surface area contributed by atoms with Gasteiger partial charge in [0, 0.05) is 18.2 Å². The summed E-state index contributed by atoms with van der Waals surface area (Å²) in [4.78, 5) is 0. The van der Waals surface area contributed by atoms with Gasteiger partial charge < -0.3 is 4.74 Å². The average molecular weight is 203 g/mol. The van der Waals surface area contributed by atoms with Gasteiger partial charge in [-0.15, -0.1) is 0 Å². The molecule has 1 aliphatic rings. The first kappa shape index (κ1) is 11.3. The van der Waals surface area contributed by atoms with Gasteiger partial charge in [-0.1, -0.05) is 12.8 Å². The Hall–Kier alpha value is 0.270. The summed E-state index contributed by atoms with van der Waals surface area (Å²) < 4.78 is 7.61. The zero-order valence-corrected chi connectivity index (χ0v) is 10.2. The van der Waals surface area contributed by atoms with Crippen LogP contribution in [0.3, 0.4) is 0 Å². The minimum absolute atomic E-state index is 0.117. The first-order valence-corrected chi connectivity index (χ1v) is 5.21. The lowest BCUT2D eigenvalue weighted by Crippen LogP contribution is -2.57. The van der Waals surface area contributed by atoms with E-state index in [0.29, 0.717) is 6.10 Å². The Kier molecular flexibility index (Phi) is 3.01. The van der Waals surface area contributed by atoms with E-state index in [-0.39, 0.29) is 11.1 Å². The van der Waals surface area contributed by atoms with Crippen LogP contribution in [0.4, 0.5) is 0 Å². The van der Waals surface area contributed by atoms with E-state index < -0.39 is 0 Å². The Morgan fingerprint density at radius 3 is 1.85 bits per heavy atom. The van der Waals surface area contributed by atoms with E-state index in [2.05, 4.69) is 44.8 Å². The van der Waals surface area contributed by atoms with Gasteiger partial charge in [0.25, 0.3) is 0 Å². The number of ether oxygens (including phenoxy) is 1. The molecule has 0 bridgehead atoms. The number of piperidine rings is 1. The van der Waals surface area contributed by atoms with Gasteiger partial charge in [-0.25, -0.2) is 4.31 Å².